The van der Waals surface area contributed by atoms with Gasteiger partial charge in [0.1, 0.15) is 5.78 Å². The number of carbonyl (C=O) groups excluding carboxylic acids is 2. The number of Topliss-reactive ketones (excluding diaryl/α,β-unsaturated/α-hetero) is 2. The molecule has 0 saturated carbocycles. The van der Waals surface area contributed by atoms with E-state index in [-0.39, 0.29) is 17.1 Å². The predicted octanol–water partition coefficient (Wildman–Crippen LogP) is 6.10. The van der Waals surface area contributed by atoms with Crippen LogP contribution in [0.4, 0.5) is 0 Å². The van der Waals surface area contributed by atoms with Gasteiger partial charge >= 0.3 is 0 Å². The zero-order valence-electron chi connectivity index (χ0n) is 18.7. The lowest BCUT2D eigenvalue weighted by molar-refractivity contribution is -0.117. The summed E-state index contributed by atoms with van der Waals surface area (Å²) in [6.45, 7) is 15.0. The molecule has 0 saturated heterocycles. The molecule has 0 unspecified atom stereocenters. The molecule has 0 amide bonds. The minimum Gasteiger partial charge on any atom is -0.312 e. The number of carbonyl (C=O) groups is 2. The van der Waals surface area contributed by atoms with Gasteiger partial charge in [0, 0.05) is 18.4 Å². The van der Waals surface area contributed by atoms with Crippen LogP contribution >= 0.6 is 0 Å². The molecule has 0 aromatic carbocycles. The van der Waals surface area contributed by atoms with Gasteiger partial charge in [-0.05, 0) is 85.8 Å². The molecule has 0 fully saturated rings. The molecule has 0 rings (SSSR count). The highest BCUT2D eigenvalue weighted by Gasteiger charge is 2.20. The molecule has 154 valence electrons. The van der Waals surface area contributed by atoms with Gasteiger partial charge in [-0.15, -0.1) is 0 Å². The summed E-state index contributed by atoms with van der Waals surface area (Å²) in [5, 5.41) is 3.35. The lowest BCUT2D eigenvalue weighted by atomic mass is 9.94. The quantitative estimate of drug-likeness (QED) is 0.295. The predicted molar refractivity (Wildman–Crippen MR) is 117 cm³/mol. The Labute approximate surface area is 167 Å². The summed E-state index contributed by atoms with van der Waals surface area (Å²) in [6, 6.07) is 0. The lowest BCUT2D eigenvalue weighted by Gasteiger charge is -2.24. The second-order valence-corrected chi connectivity index (χ2v) is 8.32. The number of nitrogens with one attached hydrogen (secondary N) is 1. The van der Waals surface area contributed by atoms with Gasteiger partial charge in [-0.1, -0.05) is 36.3 Å². The van der Waals surface area contributed by atoms with E-state index in [0.717, 1.165) is 44.2 Å². The first-order valence-electron chi connectivity index (χ1n) is 10.3. The summed E-state index contributed by atoms with van der Waals surface area (Å²) < 4.78 is 0. The van der Waals surface area contributed by atoms with Crippen molar-refractivity contribution in [2.75, 3.05) is 6.54 Å². The van der Waals surface area contributed by atoms with Crippen molar-refractivity contribution in [2.24, 2.45) is 0 Å². The summed E-state index contributed by atoms with van der Waals surface area (Å²) in [7, 11) is 0. The molecule has 0 radical (unpaired) electrons. The Balaban J connectivity index is 4.27. The van der Waals surface area contributed by atoms with E-state index >= 15 is 0 Å². The van der Waals surface area contributed by atoms with Crippen LogP contribution in [-0.2, 0) is 9.59 Å². The molecule has 0 aromatic heterocycles. The Hall–Kier alpha value is -1.48. The lowest BCUT2D eigenvalue weighted by Crippen LogP contribution is -2.41. The van der Waals surface area contributed by atoms with Crippen molar-refractivity contribution in [3.05, 3.63) is 34.9 Å². The van der Waals surface area contributed by atoms with Crippen molar-refractivity contribution < 1.29 is 9.59 Å². The third-order valence-electron chi connectivity index (χ3n) is 4.71. The van der Waals surface area contributed by atoms with Crippen LogP contribution in [0.25, 0.3) is 0 Å². The SMILES string of the molecule is CCNC(C)(C)CC(=O)C(C)=CCCC(C)=CCCC(C)=CCCC(C)=O. The second-order valence-electron chi connectivity index (χ2n) is 8.32. The highest BCUT2D eigenvalue weighted by atomic mass is 16.1. The van der Waals surface area contributed by atoms with Crippen molar-refractivity contribution in [3.63, 3.8) is 0 Å². The van der Waals surface area contributed by atoms with Crippen LogP contribution in [0.15, 0.2) is 34.9 Å². The van der Waals surface area contributed by atoms with E-state index in [0.29, 0.717) is 12.8 Å². The first-order valence-corrected chi connectivity index (χ1v) is 10.3. The van der Waals surface area contributed by atoms with Crippen LogP contribution in [0, 0.1) is 0 Å². The van der Waals surface area contributed by atoms with Crippen LogP contribution in [0.3, 0.4) is 0 Å². The number of hydrogen-bond acceptors (Lipinski definition) is 3. The number of ketones is 2. The standard InChI is InChI=1S/C24H41NO2/c1-8-25-24(6,7)18-23(27)21(4)16-10-14-19(2)12-9-13-20(3)15-11-17-22(5)26/h12,15-16,25H,8-11,13-14,17-18H2,1-7H3. The molecule has 0 aliphatic carbocycles. The van der Waals surface area contributed by atoms with Crippen LogP contribution in [0.1, 0.15) is 93.4 Å². The smallest absolute Gasteiger partial charge is 0.160 e. The molecule has 0 heterocycles. The average Bonchev–Trinajstić information content (AvgIpc) is 2.53. The molecule has 0 aliphatic heterocycles. The fourth-order valence-corrected chi connectivity index (χ4v) is 2.98. The van der Waals surface area contributed by atoms with Gasteiger partial charge in [0.05, 0.1) is 0 Å². The highest BCUT2D eigenvalue weighted by Crippen LogP contribution is 2.15. The van der Waals surface area contributed by atoms with Gasteiger partial charge in [-0.3, -0.25) is 4.79 Å². The molecular weight excluding hydrogens is 334 g/mol. The number of hydrogen-bond donors (Lipinski definition) is 1. The van der Waals surface area contributed by atoms with Crippen molar-refractivity contribution in [3.8, 4) is 0 Å². The first-order chi connectivity index (χ1) is 12.6. The molecule has 0 bridgehead atoms. The first kappa shape index (κ1) is 25.5. The maximum atomic E-state index is 12.3. The van der Waals surface area contributed by atoms with E-state index in [1.165, 1.54) is 11.1 Å². The van der Waals surface area contributed by atoms with Gasteiger partial charge in [-0.25, -0.2) is 0 Å². The van der Waals surface area contributed by atoms with Crippen molar-refractivity contribution >= 4 is 11.6 Å². The monoisotopic (exact) mass is 375 g/mol. The van der Waals surface area contributed by atoms with Gasteiger partial charge in [-0.2, -0.15) is 0 Å². The maximum Gasteiger partial charge on any atom is 0.160 e. The third-order valence-corrected chi connectivity index (χ3v) is 4.71. The molecule has 0 spiro atoms. The molecule has 1 N–H and O–H groups in total. The largest absolute Gasteiger partial charge is 0.312 e. The molecule has 27 heavy (non-hydrogen) atoms. The molecular formula is C24H41NO2. The average molecular weight is 376 g/mol. The van der Waals surface area contributed by atoms with E-state index in [9.17, 15) is 9.59 Å². The fraction of sp³-hybridized carbons (Fsp3) is 0.667. The summed E-state index contributed by atoms with van der Waals surface area (Å²) in [5.74, 6) is 0.482. The summed E-state index contributed by atoms with van der Waals surface area (Å²) in [4.78, 5) is 23.3. The van der Waals surface area contributed by atoms with Crippen molar-refractivity contribution in [1.29, 1.82) is 0 Å². The minimum atomic E-state index is -0.146. The maximum absolute atomic E-state index is 12.3. The van der Waals surface area contributed by atoms with Crippen LogP contribution in [-0.4, -0.2) is 23.7 Å². The molecule has 3 heteroatoms. The van der Waals surface area contributed by atoms with Gasteiger partial charge in [0.25, 0.3) is 0 Å². The number of rotatable bonds is 14. The zero-order valence-corrected chi connectivity index (χ0v) is 18.7. The Morgan fingerprint density at radius 1 is 0.815 bits per heavy atom. The van der Waals surface area contributed by atoms with Crippen LogP contribution < -0.4 is 5.32 Å². The van der Waals surface area contributed by atoms with Gasteiger partial charge in [0.2, 0.25) is 0 Å². The fourth-order valence-electron chi connectivity index (χ4n) is 2.98. The molecule has 0 atom stereocenters. The van der Waals surface area contributed by atoms with E-state index in [1.807, 2.05) is 6.92 Å². The third kappa shape index (κ3) is 14.3. The zero-order chi connectivity index (χ0) is 20.9. The Morgan fingerprint density at radius 2 is 1.30 bits per heavy atom. The Bertz CT molecular complexity index is 565. The Kier molecular flexibility index (Phi) is 12.9. The minimum absolute atomic E-state index is 0.146. The highest BCUT2D eigenvalue weighted by molar-refractivity contribution is 5.95. The summed E-state index contributed by atoms with van der Waals surface area (Å²) in [6.07, 6.45) is 12.6. The molecule has 3 nitrogen and oxygen atoms in total. The van der Waals surface area contributed by atoms with Crippen LogP contribution in [0.2, 0.25) is 0 Å². The summed E-state index contributed by atoms with van der Waals surface area (Å²) in [5.41, 5.74) is 3.45. The topological polar surface area (TPSA) is 46.2 Å². The Morgan fingerprint density at radius 3 is 1.78 bits per heavy atom. The number of allylic oxidation sites excluding steroid dienone is 6. The van der Waals surface area contributed by atoms with E-state index < -0.39 is 0 Å². The molecule has 0 aliphatic rings. The molecule has 0 aromatic rings. The van der Waals surface area contributed by atoms with Crippen LogP contribution in [0.5, 0.6) is 0 Å². The van der Waals surface area contributed by atoms with E-state index in [4.69, 9.17) is 0 Å². The van der Waals surface area contributed by atoms with Gasteiger partial charge < -0.3 is 10.1 Å². The van der Waals surface area contributed by atoms with Crippen molar-refractivity contribution in [1.82, 2.24) is 5.32 Å². The van der Waals surface area contributed by atoms with Gasteiger partial charge in [0.15, 0.2) is 5.78 Å². The normalized spacial score (nSPS) is 13.8. The van der Waals surface area contributed by atoms with E-state index in [2.05, 4.69) is 58.2 Å². The van der Waals surface area contributed by atoms with E-state index in [1.54, 1.807) is 6.92 Å². The van der Waals surface area contributed by atoms with Crippen molar-refractivity contribution in [2.45, 2.75) is 99.0 Å². The second kappa shape index (κ2) is 13.7. The summed E-state index contributed by atoms with van der Waals surface area (Å²) >= 11 is 0.